The predicted molar refractivity (Wildman–Crippen MR) is 136 cm³/mol. The first-order chi connectivity index (χ1) is 17.4. The Balaban J connectivity index is 1.67. The van der Waals surface area contributed by atoms with Gasteiger partial charge in [-0.2, -0.15) is 0 Å². The number of nitro groups is 1. The average molecular weight is 512 g/mol. The number of rotatable bonds is 9. The number of methoxy groups -OCH3 is 2. The summed E-state index contributed by atoms with van der Waals surface area (Å²) in [5, 5.41) is 28.4. The largest absolute Gasteiger partial charge is 0.497 e. The molecule has 0 saturated carbocycles. The molecular weight excluding hydrogens is 486 g/mol. The summed E-state index contributed by atoms with van der Waals surface area (Å²) in [6, 6.07) is 9.75. The summed E-state index contributed by atoms with van der Waals surface area (Å²) in [5.74, 6) is 0.350. The summed E-state index contributed by atoms with van der Waals surface area (Å²) in [6.07, 6.45) is 4.58. The molecule has 0 radical (unpaired) electrons. The summed E-state index contributed by atoms with van der Waals surface area (Å²) in [5.41, 5.74) is 1.77. The average Bonchev–Trinajstić information content (AvgIpc) is 3.37. The summed E-state index contributed by atoms with van der Waals surface area (Å²) >= 11 is 0.854. The van der Waals surface area contributed by atoms with Gasteiger partial charge in [-0.3, -0.25) is 15.2 Å². The van der Waals surface area contributed by atoms with Crippen molar-refractivity contribution in [2.24, 2.45) is 0 Å². The van der Waals surface area contributed by atoms with Gasteiger partial charge in [-0.25, -0.2) is 9.78 Å². The van der Waals surface area contributed by atoms with Gasteiger partial charge in [0.15, 0.2) is 5.82 Å². The minimum atomic E-state index is -1.19. The van der Waals surface area contributed by atoms with E-state index >= 15 is 0 Å². The molecule has 11 nitrogen and oxygen atoms in total. The standard InChI is InChI=1S/C24H25N5O6S/c1-34-18-11-16(12-19(14-18)35-2)22-25-24(27-26-22)36-21(23(30)31)13-15-10-17(29(32)33)6-7-20(15)28-8-4-3-5-9-28/h6-7,10-14H,3-5,8-9H2,1-2H3,(H,30,31)(H,25,26,27)/b21-13+. The molecule has 0 spiro atoms. The van der Waals surface area contributed by atoms with Crippen molar-refractivity contribution in [1.29, 1.82) is 0 Å². The number of ether oxygens (including phenoxy) is 2. The van der Waals surface area contributed by atoms with E-state index in [1.54, 1.807) is 24.3 Å². The maximum atomic E-state index is 12.1. The van der Waals surface area contributed by atoms with E-state index in [1.807, 2.05) is 0 Å². The first-order valence-corrected chi connectivity index (χ1v) is 12.0. The summed E-state index contributed by atoms with van der Waals surface area (Å²) < 4.78 is 10.6. The van der Waals surface area contributed by atoms with Gasteiger partial charge in [0.25, 0.3) is 5.69 Å². The van der Waals surface area contributed by atoms with Crippen LogP contribution >= 0.6 is 11.8 Å². The van der Waals surface area contributed by atoms with Crippen LogP contribution in [0, 0.1) is 10.1 Å². The molecule has 188 valence electrons. The monoisotopic (exact) mass is 511 g/mol. The van der Waals surface area contributed by atoms with Gasteiger partial charge in [-0.05, 0) is 55.3 Å². The number of nitrogens with one attached hydrogen (secondary N) is 1. The van der Waals surface area contributed by atoms with Crippen molar-refractivity contribution in [3.63, 3.8) is 0 Å². The maximum Gasteiger partial charge on any atom is 0.342 e. The second-order valence-electron chi connectivity index (χ2n) is 8.03. The lowest BCUT2D eigenvalue weighted by atomic mass is 10.1. The topological polar surface area (TPSA) is 144 Å². The van der Waals surface area contributed by atoms with Crippen LogP contribution in [0.5, 0.6) is 11.5 Å². The van der Waals surface area contributed by atoms with Crippen molar-refractivity contribution in [1.82, 2.24) is 15.2 Å². The van der Waals surface area contributed by atoms with Crippen molar-refractivity contribution >= 4 is 35.2 Å². The highest BCUT2D eigenvalue weighted by atomic mass is 32.2. The zero-order valence-corrected chi connectivity index (χ0v) is 20.6. The summed E-state index contributed by atoms with van der Waals surface area (Å²) in [6.45, 7) is 1.62. The minimum Gasteiger partial charge on any atom is -0.497 e. The van der Waals surface area contributed by atoms with Gasteiger partial charge < -0.3 is 19.5 Å². The number of hydrogen-bond acceptors (Lipinski definition) is 9. The first kappa shape index (κ1) is 25.0. The number of aromatic nitrogens is 3. The Morgan fingerprint density at radius 3 is 2.44 bits per heavy atom. The van der Waals surface area contributed by atoms with Gasteiger partial charge in [0.2, 0.25) is 5.16 Å². The Morgan fingerprint density at radius 2 is 1.83 bits per heavy atom. The number of hydrogen-bond donors (Lipinski definition) is 2. The Morgan fingerprint density at radius 1 is 1.14 bits per heavy atom. The molecule has 0 unspecified atom stereocenters. The molecule has 2 N–H and O–H groups in total. The van der Waals surface area contributed by atoms with Gasteiger partial charge in [-0.1, -0.05) is 0 Å². The van der Waals surface area contributed by atoms with E-state index in [0.29, 0.717) is 28.5 Å². The number of anilines is 1. The number of carboxylic acid groups (broad SMARTS) is 1. The van der Waals surface area contributed by atoms with Gasteiger partial charge in [-0.15, -0.1) is 5.10 Å². The highest BCUT2D eigenvalue weighted by Gasteiger charge is 2.20. The fraction of sp³-hybridized carbons (Fsp3) is 0.292. The lowest BCUT2D eigenvalue weighted by molar-refractivity contribution is -0.384. The number of piperidine rings is 1. The van der Waals surface area contributed by atoms with Crippen molar-refractivity contribution in [3.8, 4) is 22.9 Å². The molecule has 2 heterocycles. The van der Waals surface area contributed by atoms with Gasteiger partial charge in [0, 0.05) is 48.1 Å². The molecule has 4 rings (SSSR count). The molecule has 12 heteroatoms. The Hall–Kier alpha value is -4.06. The van der Waals surface area contributed by atoms with E-state index in [1.165, 1.54) is 32.4 Å². The summed E-state index contributed by atoms with van der Waals surface area (Å²) in [7, 11) is 3.08. The summed E-state index contributed by atoms with van der Waals surface area (Å²) in [4.78, 5) is 29.5. The van der Waals surface area contributed by atoms with Crippen LogP contribution in [0.25, 0.3) is 17.5 Å². The quantitative estimate of drug-likeness (QED) is 0.181. The Kier molecular flexibility index (Phi) is 7.74. The SMILES string of the molecule is COc1cc(OC)cc(-c2nc(S/C(=C/c3cc([N+](=O)[O-])ccc3N3CCCCC3)C(=O)O)n[nH]2)c1. The normalized spacial score (nSPS) is 13.9. The lowest BCUT2D eigenvalue weighted by Crippen LogP contribution is -2.29. The molecule has 1 aliphatic heterocycles. The minimum absolute atomic E-state index is 0.0671. The van der Waals surface area contributed by atoms with Crippen LogP contribution < -0.4 is 14.4 Å². The first-order valence-electron chi connectivity index (χ1n) is 11.2. The lowest BCUT2D eigenvalue weighted by Gasteiger charge is -2.30. The second kappa shape index (κ2) is 11.1. The van der Waals surface area contributed by atoms with Crippen LogP contribution in [-0.2, 0) is 4.79 Å². The number of thioether (sulfide) groups is 1. The van der Waals surface area contributed by atoms with E-state index < -0.39 is 10.9 Å². The second-order valence-corrected chi connectivity index (χ2v) is 9.04. The van der Waals surface area contributed by atoms with Crippen LogP contribution in [0.3, 0.4) is 0 Å². The number of nitrogens with zero attached hydrogens (tertiary/aromatic N) is 4. The van der Waals surface area contributed by atoms with Gasteiger partial charge in [0.1, 0.15) is 16.4 Å². The number of nitro benzene ring substituents is 1. The molecular formula is C24H25N5O6S. The molecule has 1 saturated heterocycles. The third-order valence-corrected chi connectivity index (χ3v) is 6.58. The van der Waals surface area contributed by atoms with Crippen LogP contribution in [0.2, 0.25) is 0 Å². The molecule has 0 bridgehead atoms. The van der Waals surface area contributed by atoms with Gasteiger partial charge >= 0.3 is 5.97 Å². The Labute approximate surface area is 211 Å². The van der Waals surface area contributed by atoms with E-state index in [-0.39, 0.29) is 15.7 Å². The molecule has 1 aromatic heterocycles. The predicted octanol–water partition coefficient (Wildman–Crippen LogP) is 4.61. The van der Waals surface area contributed by atoms with Gasteiger partial charge in [0.05, 0.1) is 19.1 Å². The van der Waals surface area contributed by atoms with Crippen LogP contribution in [0.1, 0.15) is 24.8 Å². The van der Waals surface area contributed by atoms with Crippen LogP contribution in [0.15, 0.2) is 46.5 Å². The fourth-order valence-electron chi connectivity index (χ4n) is 3.93. The van der Waals surface area contributed by atoms with Crippen molar-refractivity contribution in [2.75, 3.05) is 32.2 Å². The number of aliphatic carboxylic acids is 1. The number of benzene rings is 2. The number of non-ortho nitro benzene ring substituents is 1. The molecule has 1 aliphatic rings. The van der Waals surface area contributed by atoms with E-state index in [0.717, 1.165) is 49.8 Å². The zero-order valence-electron chi connectivity index (χ0n) is 19.8. The highest BCUT2D eigenvalue weighted by Crippen LogP contribution is 2.34. The third kappa shape index (κ3) is 5.77. The van der Waals surface area contributed by atoms with Crippen molar-refractivity contribution in [3.05, 3.63) is 57.0 Å². The Bertz CT molecular complexity index is 1280. The smallest absolute Gasteiger partial charge is 0.342 e. The van der Waals surface area contributed by atoms with E-state index in [4.69, 9.17) is 9.47 Å². The molecule has 0 aliphatic carbocycles. The van der Waals surface area contributed by atoms with Crippen molar-refractivity contribution in [2.45, 2.75) is 24.4 Å². The molecule has 1 fully saturated rings. The van der Waals surface area contributed by atoms with Crippen LogP contribution in [0.4, 0.5) is 11.4 Å². The molecule has 0 amide bonds. The zero-order chi connectivity index (χ0) is 25.7. The number of carboxylic acids is 1. The van der Waals surface area contributed by atoms with Crippen LogP contribution in [-0.4, -0.2) is 58.5 Å². The number of aromatic amines is 1. The molecule has 3 aromatic rings. The molecule has 0 atom stereocenters. The van der Waals surface area contributed by atoms with Crippen molar-refractivity contribution < 1.29 is 24.3 Å². The highest BCUT2D eigenvalue weighted by molar-refractivity contribution is 8.04. The fourth-order valence-corrected chi connectivity index (χ4v) is 4.63. The maximum absolute atomic E-state index is 12.1. The molecule has 36 heavy (non-hydrogen) atoms. The third-order valence-electron chi connectivity index (χ3n) is 5.71. The van der Waals surface area contributed by atoms with E-state index in [9.17, 15) is 20.0 Å². The molecule has 2 aromatic carbocycles. The van der Waals surface area contributed by atoms with E-state index in [2.05, 4.69) is 20.1 Å². The number of H-pyrrole nitrogens is 1. The number of carbonyl (C=O) groups is 1.